The van der Waals surface area contributed by atoms with Gasteiger partial charge in [0, 0.05) is 6.54 Å². The van der Waals surface area contributed by atoms with Crippen LogP contribution in [0.25, 0.3) is 0 Å². The average Bonchev–Trinajstić information content (AvgIpc) is 2.69. The quantitative estimate of drug-likeness (QED) is 0.745. The van der Waals surface area contributed by atoms with Crippen LogP contribution in [-0.4, -0.2) is 37.6 Å². The molecule has 0 aromatic heterocycles. The van der Waals surface area contributed by atoms with E-state index in [1.165, 1.54) is 0 Å². The molecule has 2 aromatic carbocycles. The van der Waals surface area contributed by atoms with Gasteiger partial charge in [0.15, 0.2) is 6.10 Å². The highest BCUT2D eigenvalue weighted by atomic mass is 35.5. The van der Waals surface area contributed by atoms with Gasteiger partial charge in [-0.3, -0.25) is 9.59 Å². The average molecular weight is 422 g/mol. The highest BCUT2D eigenvalue weighted by molar-refractivity contribution is 6.44. The number of ether oxygens (including phenoxy) is 1. The molecule has 2 N–H and O–H groups in total. The SMILES string of the molecule is CCCNC(=O)[C@H]1CN(CC(=O)Nc2cccc(Cl)c2Cl)c2ccccc2O1. The van der Waals surface area contributed by atoms with E-state index in [0.29, 0.717) is 23.0 Å². The van der Waals surface area contributed by atoms with Gasteiger partial charge in [-0.1, -0.05) is 48.3 Å². The third kappa shape index (κ3) is 4.69. The van der Waals surface area contributed by atoms with Crippen LogP contribution in [-0.2, 0) is 9.59 Å². The van der Waals surface area contributed by atoms with E-state index in [1.54, 1.807) is 24.3 Å². The van der Waals surface area contributed by atoms with Crippen LogP contribution in [0.5, 0.6) is 5.75 Å². The lowest BCUT2D eigenvalue weighted by molar-refractivity contribution is -0.128. The van der Waals surface area contributed by atoms with Crippen LogP contribution < -0.4 is 20.3 Å². The highest BCUT2D eigenvalue weighted by Crippen LogP contribution is 2.33. The third-order valence-electron chi connectivity index (χ3n) is 4.26. The van der Waals surface area contributed by atoms with Crippen molar-refractivity contribution in [3.63, 3.8) is 0 Å². The van der Waals surface area contributed by atoms with Crippen LogP contribution in [0.4, 0.5) is 11.4 Å². The van der Waals surface area contributed by atoms with E-state index in [2.05, 4.69) is 10.6 Å². The lowest BCUT2D eigenvalue weighted by Gasteiger charge is -2.35. The molecule has 1 aliphatic rings. The monoisotopic (exact) mass is 421 g/mol. The van der Waals surface area contributed by atoms with E-state index in [0.717, 1.165) is 12.1 Å². The van der Waals surface area contributed by atoms with Gasteiger partial charge < -0.3 is 20.3 Å². The first-order valence-electron chi connectivity index (χ1n) is 9.01. The molecule has 0 saturated carbocycles. The Bertz CT molecular complexity index is 876. The van der Waals surface area contributed by atoms with E-state index in [1.807, 2.05) is 30.0 Å². The topological polar surface area (TPSA) is 70.7 Å². The van der Waals surface area contributed by atoms with E-state index in [9.17, 15) is 9.59 Å². The first-order chi connectivity index (χ1) is 13.5. The molecule has 148 valence electrons. The molecular formula is C20H21Cl2N3O3. The van der Waals surface area contributed by atoms with Crippen molar-refractivity contribution < 1.29 is 14.3 Å². The molecular weight excluding hydrogens is 401 g/mol. The smallest absolute Gasteiger partial charge is 0.262 e. The van der Waals surface area contributed by atoms with Gasteiger partial charge in [0.1, 0.15) is 5.75 Å². The number of para-hydroxylation sites is 2. The van der Waals surface area contributed by atoms with Crippen molar-refractivity contribution in [1.82, 2.24) is 5.32 Å². The minimum atomic E-state index is -0.691. The number of hydrogen-bond acceptors (Lipinski definition) is 4. The molecule has 2 aromatic rings. The second-order valence-electron chi connectivity index (χ2n) is 6.40. The molecule has 0 fully saturated rings. The van der Waals surface area contributed by atoms with E-state index >= 15 is 0 Å². The number of carbonyl (C=O) groups excluding carboxylic acids is 2. The maximum absolute atomic E-state index is 12.6. The van der Waals surface area contributed by atoms with Crippen molar-refractivity contribution in [1.29, 1.82) is 0 Å². The second-order valence-corrected chi connectivity index (χ2v) is 7.18. The summed E-state index contributed by atoms with van der Waals surface area (Å²) in [4.78, 5) is 26.8. The number of hydrogen-bond donors (Lipinski definition) is 2. The minimum Gasteiger partial charge on any atom is -0.477 e. The number of carbonyl (C=O) groups is 2. The molecule has 0 spiro atoms. The fourth-order valence-corrected chi connectivity index (χ4v) is 3.27. The molecule has 0 bridgehead atoms. The lowest BCUT2D eigenvalue weighted by atomic mass is 10.1. The molecule has 6 nitrogen and oxygen atoms in total. The first-order valence-corrected chi connectivity index (χ1v) is 9.77. The number of halogens is 2. The Morgan fingerprint density at radius 3 is 2.75 bits per heavy atom. The van der Waals surface area contributed by atoms with Crippen molar-refractivity contribution in [3.8, 4) is 5.75 Å². The van der Waals surface area contributed by atoms with Crippen LogP contribution in [0.15, 0.2) is 42.5 Å². The molecule has 3 rings (SSSR count). The van der Waals surface area contributed by atoms with Crippen LogP contribution in [0.3, 0.4) is 0 Å². The van der Waals surface area contributed by atoms with Crippen LogP contribution in [0.2, 0.25) is 10.0 Å². The van der Waals surface area contributed by atoms with Gasteiger partial charge in [-0.05, 0) is 30.7 Å². The third-order valence-corrected chi connectivity index (χ3v) is 5.08. The number of fused-ring (bicyclic) bond motifs is 1. The molecule has 1 heterocycles. The molecule has 1 atom stereocenters. The molecule has 0 radical (unpaired) electrons. The minimum absolute atomic E-state index is 0.0424. The lowest BCUT2D eigenvalue weighted by Crippen LogP contribution is -2.50. The van der Waals surface area contributed by atoms with Crippen molar-refractivity contribution in [2.24, 2.45) is 0 Å². The van der Waals surface area contributed by atoms with E-state index < -0.39 is 6.10 Å². The Labute approximate surface area is 173 Å². The molecule has 0 unspecified atom stereocenters. The Morgan fingerprint density at radius 2 is 1.96 bits per heavy atom. The van der Waals surface area contributed by atoms with Gasteiger partial charge >= 0.3 is 0 Å². The normalized spacial score (nSPS) is 15.4. The summed E-state index contributed by atoms with van der Waals surface area (Å²) in [5.41, 5.74) is 1.20. The maximum Gasteiger partial charge on any atom is 0.262 e. The maximum atomic E-state index is 12.6. The van der Waals surface area contributed by atoms with Crippen LogP contribution >= 0.6 is 23.2 Å². The molecule has 0 saturated heterocycles. The van der Waals surface area contributed by atoms with E-state index in [4.69, 9.17) is 27.9 Å². The fourth-order valence-electron chi connectivity index (χ4n) is 2.92. The van der Waals surface area contributed by atoms with Crippen molar-refractivity contribution in [3.05, 3.63) is 52.5 Å². The Hall–Kier alpha value is -2.44. The van der Waals surface area contributed by atoms with Gasteiger partial charge in [0.25, 0.3) is 5.91 Å². The number of nitrogens with one attached hydrogen (secondary N) is 2. The molecule has 2 amide bonds. The zero-order valence-corrected chi connectivity index (χ0v) is 16.9. The predicted molar refractivity (Wildman–Crippen MR) is 111 cm³/mol. The highest BCUT2D eigenvalue weighted by Gasteiger charge is 2.31. The number of amides is 2. The Morgan fingerprint density at radius 1 is 1.18 bits per heavy atom. The number of rotatable bonds is 6. The molecule has 28 heavy (non-hydrogen) atoms. The summed E-state index contributed by atoms with van der Waals surface area (Å²) in [6, 6.07) is 12.4. The Balaban J connectivity index is 1.74. The van der Waals surface area contributed by atoms with Gasteiger partial charge in [-0.15, -0.1) is 0 Å². The van der Waals surface area contributed by atoms with Crippen molar-refractivity contribution in [2.75, 3.05) is 29.9 Å². The van der Waals surface area contributed by atoms with Gasteiger partial charge in [0.2, 0.25) is 5.91 Å². The zero-order valence-electron chi connectivity index (χ0n) is 15.4. The van der Waals surface area contributed by atoms with Gasteiger partial charge in [-0.25, -0.2) is 0 Å². The van der Waals surface area contributed by atoms with E-state index in [-0.39, 0.29) is 29.9 Å². The van der Waals surface area contributed by atoms with Crippen molar-refractivity contribution >= 4 is 46.4 Å². The standard InChI is InChI=1S/C20H21Cl2N3O3/c1-2-10-23-20(27)17-11-25(15-8-3-4-9-16(15)28-17)12-18(26)24-14-7-5-6-13(21)19(14)22/h3-9,17H,2,10-12H2,1H3,(H,23,27)(H,24,26)/t17-/m1/s1. The van der Waals surface area contributed by atoms with Gasteiger partial charge in [0.05, 0.1) is 34.5 Å². The summed E-state index contributed by atoms with van der Waals surface area (Å²) in [6.07, 6.45) is 0.144. The fraction of sp³-hybridized carbons (Fsp3) is 0.300. The number of anilines is 2. The Kier molecular flexibility index (Phi) is 6.65. The summed E-state index contributed by atoms with van der Waals surface area (Å²) >= 11 is 12.1. The molecule has 1 aliphatic heterocycles. The molecule has 0 aliphatic carbocycles. The summed E-state index contributed by atoms with van der Waals surface area (Å²) in [5, 5.41) is 6.26. The second kappa shape index (κ2) is 9.17. The first kappa shape index (κ1) is 20.3. The number of benzene rings is 2. The van der Waals surface area contributed by atoms with Crippen LogP contribution in [0.1, 0.15) is 13.3 Å². The van der Waals surface area contributed by atoms with Gasteiger partial charge in [-0.2, -0.15) is 0 Å². The summed E-state index contributed by atoms with van der Waals surface area (Å²) in [7, 11) is 0. The predicted octanol–water partition coefficient (Wildman–Crippen LogP) is 3.73. The summed E-state index contributed by atoms with van der Waals surface area (Å²) < 4.78 is 5.83. The van der Waals surface area contributed by atoms with Crippen molar-refractivity contribution in [2.45, 2.75) is 19.4 Å². The van der Waals surface area contributed by atoms with Crippen LogP contribution in [0, 0.1) is 0 Å². The largest absolute Gasteiger partial charge is 0.477 e. The zero-order chi connectivity index (χ0) is 20.1. The summed E-state index contributed by atoms with van der Waals surface area (Å²) in [5.74, 6) is 0.104. The summed E-state index contributed by atoms with van der Waals surface area (Å²) in [6.45, 7) is 2.87. The number of nitrogens with zero attached hydrogens (tertiary/aromatic N) is 1. The molecule has 8 heteroatoms.